The fourth-order valence-corrected chi connectivity index (χ4v) is 8.25. The van der Waals surface area contributed by atoms with Gasteiger partial charge in [0.15, 0.2) is 5.82 Å². The number of fused-ring (bicyclic) bond motifs is 5. The highest BCUT2D eigenvalue weighted by molar-refractivity contribution is 6.14. The van der Waals surface area contributed by atoms with E-state index in [0.717, 1.165) is 78.2 Å². The summed E-state index contributed by atoms with van der Waals surface area (Å²) in [5, 5.41) is 11.3. The van der Waals surface area contributed by atoms with E-state index >= 15 is 0 Å². The van der Waals surface area contributed by atoms with E-state index in [0.29, 0.717) is 0 Å². The third kappa shape index (κ3) is 6.04. The Morgan fingerprint density at radius 3 is 2.00 bits per heavy atom. The molecule has 0 aliphatic heterocycles. The number of benzene rings is 6. The van der Waals surface area contributed by atoms with Crippen molar-refractivity contribution in [1.29, 1.82) is 0 Å². The van der Waals surface area contributed by atoms with Crippen molar-refractivity contribution in [3.05, 3.63) is 169 Å². The van der Waals surface area contributed by atoms with Crippen molar-refractivity contribution >= 4 is 60.8 Å². The van der Waals surface area contributed by atoms with Gasteiger partial charge in [0.2, 0.25) is 0 Å². The Kier molecular flexibility index (Phi) is 8.17. The normalized spacial score (nSPS) is 12.3. The maximum atomic E-state index is 5.56. The summed E-state index contributed by atoms with van der Waals surface area (Å²) in [5.41, 5.74) is 10.8. The van der Waals surface area contributed by atoms with Crippen LogP contribution in [0.5, 0.6) is 0 Å². The molecule has 0 bridgehead atoms. The maximum Gasteiger partial charge on any atom is 0.157 e. The summed E-state index contributed by atoms with van der Waals surface area (Å²) in [6.45, 7) is 13.7. The molecule has 10 aromatic rings. The molecule has 0 atom stereocenters. The summed E-state index contributed by atoms with van der Waals surface area (Å²) in [7, 11) is 0. The molecule has 0 aliphatic rings. The van der Waals surface area contributed by atoms with Crippen LogP contribution < -0.4 is 4.90 Å². The van der Waals surface area contributed by atoms with Crippen molar-refractivity contribution < 1.29 is 0 Å². The zero-order chi connectivity index (χ0) is 39.8. The number of nitrogens with one attached hydrogen (secondary N) is 2. The fraction of sp³-hybridized carbons (Fsp3) is 0.154. The Bertz CT molecular complexity index is 3130. The van der Waals surface area contributed by atoms with Crippen LogP contribution in [0.15, 0.2) is 158 Å². The van der Waals surface area contributed by atoms with Crippen LogP contribution in [0.3, 0.4) is 0 Å². The third-order valence-corrected chi connectivity index (χ3v) is 11.5. The first kappa shape index (κ1) is 35.5. The van der Waals surface area contributed by atoms with Gasteiger partial charge in [-0.1, -0.05) is 139 Å². The molecule has 0 fully saturated rings. The van der Waals surface area contributed by atoms with E-state index in [1.165, 1.54) is 21.9 Å². The number of aromatic nitrogens is 5. The average Bonchev–Trinajstić information content (AvgIpc) is 3.94. The van der Waals surface area contributed by atoms with Gasteiger partial charge < -0.3 is 9.97 Å². The van der Waals surface area contributed by atoms with Crippen LogP contribution in [0.1, 0.15) is 52.7 Å². The van der Waals surface area contributed by atoms with Crippen LogP contribution >= 0.6 is 0 Å². The monoisotopic (exact) mass is 754 g/mol. The van der Waals surface area contributed by atoms with Crippen LogP contribution in [0.4, 0.5) is 17.3 Å². The molecule has 6 nitrogen and oxygen atoms in total. The number of aromatic amines is 2. The summed E-state index contributed by atoms with van der Waals surface area (Å²) in [5.74, 6) is 2.45. The van der Waals surface area contributed by atoms with Crippen LogP contribution in [-0.2, 0) is 10.8 Å². The van der Waals surface area contributed by atoms with Gasteiger partial charge in [0.05, 0.1) is 11.0 Å². The highest BCUT2D eigenvalue weighted by atomic mass is 15.3. The van der Waals surface area contributed by atoms with Gasteiger partial charge in [-0.05, 0) is 87.7 Å². The molecule has 0 saturated heterocycles. The summed E-state index contributed by atoms with van der Waals surface area (Å²) in [4.78, 5) is 15.2. The lowest BCUT2D eigenvalue weighted by molar-refractivity contribution is 0.590. The number of para-hydroxylation sites is 2. The van der Waals surface area contributed by atoms with E-state index in [1.807, 2.05) is 10.7 Å². The third-order valence-electron chi connectivity index (χ3n) is 11.5. The highest BCUT2D eigenvalue weighted by Crippen LogP contribution is 2.43. The first-order valence-electron chi connectivity index (χ1n) is 20.1. The van der Waals surface area contributed by atoms with E-state index in [2.05, 4.69) is 208 Å². The lowest BCUT2D eigenvalue weighted by Gasteiger charge is -2.24. The number of hydrogen-bond acceptors (Lipinski definition) is 3. The van der Waals surface area contributed by atoms with Gasteiger partial charge in [0, 0.05) is 49.9 Å². The molecular formula is C52H46N6. The topological polar surface area (TPSA) is 65.5 Å². The van der Waals surface area contributed by atoms with Crippen molar-refractivity contribution in [1.82, 2.24) is 24.7 Å². The molecule has 10 rings (SSSR count). The molecule has 4 aromatic heterocycles. The zero-order valence-corrected chi connectivity index (χ0v) is 33.8. The second-order valence-electron chi connectivity index (χ2n) is 17.4. The second-order valence-corrected chi connectivity index (χ2v) is 17.4. The number of rotatable bonds is 6. The summed E-state index contributed by atoms with van der Waals surface area (Å²) >= 11 is 0. The maximum absolute atomic E-state index is 5.56. The Morgan fingerprint density at radius 1 is 0.569 bits per heavy atom. The number of nitrogens with zero attached hydrogens (tertiary/aromatic N) is 4. The lowest BCUT2D eigenvalue weighted by Crippen LogP contribution is -2.14. The molecule has 6 aromatic carbocycles. The fourth-order valence-electron chi connectivity index (χ4n) is 8.25. The Morgan fingerprint density at radius 2 is 1.24 bits per heavy atom. The minimum atomic E-state index is -0.0874. The molecule has 4 heterocycles. The summed E-state index contributed by atoms with van der Waals surface area (Å²) in [6, 6.07) is 53.9. The smallest absolute Gasteiger partial charge is 0.157 e. The van der Waals surface area contributed by atoms with Crippen LogP contribution in [0.25, 0.3) is 71.7 Å². The Balaban J connectivity index is 1.24. The van der Waals surface area contributed by atoms with Gasteiger partial charge in [0.1, 0.15) is 17.3 Å². The van der Waals surface area contributed by atoms with E-state index in [4.69, 9.17) is 10.1 Å². The molecule has 58 heavy (non-hydrogen) atoms. The van der Waals surface area contributed by atoms with Crippen molar-refractivity contribution in [2.75, 3.05) is 4.90 Å². The molecule has 284 valence electrons. The van der Waals surface area contributed by atoms with Crippen molar-refractivity contribution in [2.24, 2.45) is 0 Å². The van der Waals surface area contributed by atoms with Crippen LogP contribution in [0.2, 0.25) is 0 Å². The summed E-state index contributed by atoms with van der Waals surface area (Å²) in [6.07, 6.45) is 2.07. The first-order chi connectivity index (χ1) is 28.0. The predicted octanol–water partition coefficient (Wildman–Crippen LogP) is 13.9. The molecule has 6 heteroatoms. The SMILES string of the molecule is CC(C)(C)c1ccc2[nH]c3c(-c4nn(-c5cc(-c6ccccc6)cc(N(c6ccccc6)c6[nH]cc7ccccc67)n5)c5ccccc45)cc(C(C)(C)C)cc3c2c1. The largest absolute Gasteiger partial charge is 0.354 e. The highest BCUT2D eigenvalue weighted by Gasteiger charge is 2.25. The van der Waals surface area contributed by atoms with Crippen LogP contribution in [-0.4, -0.2) is 24.7 Å². The second kappa shape index (κ2) is 13.3. The Hall–Kier alpha value is -6.92. The summed E-state index contributed by atoms with van der Waals surface area (Å²) < 4.78 is 2.03. The van der Waals surface area contributed by atoms with E-state index in [9.17, 15) is 0 Å². The van der Waals surface area contributed by atoms with Gasteiger partial charge in [-0.15, -0.1) is 0 Å². The van der Waals surface area contributed by atoms with Gasteiger partial charge in [-0.25, -0.2) is 9.67 Å². The predicted molar refractivity (Wildman–Crippen MR) is 243 cm³/mol. The standard InChI is InChI=1S/C52H46N6/c1-51(2,3)36-25-26-44-41(29-36)42-30-37(52(4,5)6)31-43(48(42)54-44)49-40-23-15-16-24-45(40)58(56-49)47-28-35(33-17-9-7-10-18-33)27-46(55-47)57(38-20-11-8-12-21-38)50-39-22-14-13-19-34(39)32-53-50/h7-32,53-54H,1-6H3. The minimum absolute atomic E-state index is 0.0292. The van der Waals surface area contributed by atoms with Crippen molar-refractivity contribution in [2.45, 2.75) is 52.4 Å². The van der Waals surface area contributed by atoms with Crippen molar-refractivity contribution in [3.8, 4) is 28.2 Å². The van der Waals surface area contributed by atoms with E-state index in [-0.39, 0.29) is 10.8 Å². The van der Waals surface area contributed by atoms with Gasteiger partial charge in [-0.3, -0.25) is 4.90 Å². The minimum Gasteiger partial charge on any atom is -0.354 e. The molecule has 2 N–H and O–H groups in total. The quantitative estimate of drug-likeness (QED) is 0.178. The van der Waals surface area contributed by atoms with Gasteiger partial charge in [-0.2, -0.15) is 5.10 Å². The molecule has 0 unspecified atom stereocenters. The number of pyridine rings is 1. The number of anilines is 3. The van der Waals surface area contributed by atoms with Gasteiger partial charge >= 0.3 is 0 Å². The van der Waals surface area contributed by atoms with E-state index < -0.39 is 0 Å². The molecule has 0 amide bonds. The number of hydrogen-bond donors (Lipinski definition) is 2. The van der Waals surface area contributed by atoms with Crippen LogP contribution in [0, 0.1) is 0 Å². The van der Waals surface area contributed by atoms with Crippen molar-refractivity contribution in [3.63, 3.8) is 0 Å². The molecular weight excluding hydrogens is 709 g/mol. The Labute approximate surface area is 338 Å². The molecule has 0 saturated carbocycles. The average molecular weight is 755 g/mol. The first-order valence-corrected chi connectivity index (χ1v) is 20.1. The lowest BCUT2D eigenvalue weighted by atomic mass is 9.83. The van der Waals surface area contributed by atoms with Gasteiger partial charge in [0.25, 0.3) is 0 Å². The molecule has 0 spiro atoms. The zero-order valence-electron chi connectivity index (χ0n) is 33.8. The van der Waals surface area contributed by atoms with E-state index in [1.54, 1.807) is 0 Å². The molecule has 0 aliphatic carbocycles. The molecule has 0 radical (unpaired) electrons. The number of H-pyrrole nitrogens is 2.